The molecule has 1 saturated heterocycles. The van der Waals surface area contributed by atoms with Gasteiger partial charge < -0.3 is 0 Å². The molecular weight excluding hydrogens is 198 g/mol. The highest BCUT2D eigenvalue weighted by Crippen LogP contribution is 2.34. The summed E-state index contributed by atoms with van der Waals surface area (Å²) in [5, 5.41) is 4.29. The number of amides is 2. The summed E-state index contributed by atoms with van der Waals surface area (Å²) in [7, 11) is 0. The zero-order valence-electron chi connectivity index (χ0n) is 8.09. The molecule has 1 unspecified atom stereocenters. The van der Waals surface area contributed by atoms with Crippen LogP contribution in [0.3, 0.4) is 0 Å². The van der Waals surface area contributed by atoms with Gasteiger partial charge in [0.2, 0.25) is 11.8 Å². The third-order valence-corrected chi connectivity index (χ3v) is 3.50. The van der Waals surface area contributed by atoms with Crippen molar-refractivity contribution >= 4 is 23.2 Å². The van der Waals surface area contributed by atoms with Gasteiger partial charge in [0.15, 0.2) is 0 Å². The van der Waals surface area contributed by atoms with Crippen LogP contribution >= 0.6 is 11.3 Å². The fraction of sp³-hybridized carbons (Fsp3) is 0.400. The Kier molecular flexibility index (Phi) is 1.96. The second kappa shape index (κ2) is 2.92. The van der Waals surface area contributed by atoms with Crippen LogP contribution in [0.25, 0.3) is 0 Å². The highest BCUT2D eigenvalue weighted by atomic mass is 32.1. The molecule has 1 aliphatic rings. The number of imide groups is 1. The second-order valence-corrected chi connectivity index (χ2v) is 4.95. The van der Waals surface area contributed by atoms with Crippen LogP contribution in [-0.4, -0.2) is 11.8 Å². The zero-order valence-corrected chi connectivity index (χ0v) is 8.90. The largest absolute Gasteiger partial charge is 0.296 e. The molecule has 0 aromatic carbocycles. The van der Waals surface area contributed by atoms with Crippen LogP contribution in [0, 0.1) is 6.92 Å². The summed E-state index contributed by atoms with van der Waals surface area (Å²) in [4.78, 5) is 23.9. The Bertz CT molecular complexity index is 410. The highest BCUT2D eigenvalue weighted by molar-refractivity contribution is 7.10. The topological polar surface area (TPSA) is 46.2 Å². The van der Waals surface area contributed by atoms with E-state index in [2.05, 4.69) is 5.32 Å². The highest BCUT2D eigenvalue weighted by Gasteiger charge is 2.44. The van der Waals surface area contributed by atoms with Crippen molar-refractivity contribution in [3.8, 4) is 0 Å². The first kappa shape index (κ1) is 9.40. The van der Waals surface area contributed by atoms with Crippen LogP contribution in [0.15, 0.2) is 11.4 Å². The lowest BCUT2D eigenvalue weighted by Crippen LogP contribution is -2.32. The van der Waals surface area contributed by atoms with E-state index in [0.29, 0.717) is 0 Å². The fourth-order valence-electron chi connectivity index (χ4n) is 1.68. The number of hydrogen-bond acceptors (Lipinski definition) is 3. The summed E-state index contributed by atoms with van der Waals surface area (Å²) in [6.07, 6.45) is 0.266. The Morgan fingerprint density at radius 1 is 1.50 bits per heavy atom. The minimum absolute atomic E-state index is 0.179. The monoisotopic (exact) mass is 209 g/mol. The van der Waals surface area contributed by atoms with E-state index in [1.54, 1.807) is 11.3 Å². The lowest BCUT2D eigenvalue weighted by atomic mass is 9.82. The van der Waals surface area contributed by atoms with Gasteiger partial charge >= 0.3 is 0 Å². The number of thiophene rings is 1. The van der Waals surface area contributed by atoms with E-state index in [1.807, 2.05) is 25.3 Å². The maximum absolute atomic E-state index is 11.6. The first-order chi connectivity index (χ1) is 6.52. The van der Waals surface area contributed by atoms with E-state index < -0.39 is 5.41 Å². The summed E-state index contributed by atoms with van der Waals surface area (Å²) in [6, 6.07) is 1.98. The molecule has 0 saturated carbocycles. The van der Waals surface area contributed by atoms with E-state index in [0.717, 1.165) is 10.4 Å². The first-order valence-electron chi connectivity index (χ1n) is 4.42. The average molecular weight is 209 g/mol. The first-order valence-corrected chi connectivity index (χ1v) is 5.30. The van der Waals surface area contributed by atoms with Crippen molar-refractivity contribution in [2.75, 3.05) is 0 Å². The summed E-state index contributed by atoms with van der Waals surface area (Å²) in [5.74, 6) is -0.360. The fourth-order valence-corrected chi connectivity index (χ4v) is 2.51. The molecule has 1 fully saturated rings. The normalized spacial score (nSPS) is 26.7. The third-order valence-electron chi connectivity index (χ3n) is 2.64. The van der Waals surface area contributed by atoms with E-state index in [4.69, 9.17) is 0 Å². The number of rotatable bonds is 1. The molecule has 74 valence electrons. The van der Waals surface area contributed by atoms with E-state index in [1.165, 1.54) is 0 Å². The molecular formula is C10H11NO2S. The van der Waals surface area contributed by atoms with Gasteiger partial charge in [-0.3, -0.25) is 14.9 Å². The maximum atomic E-state index is 11.6. The molecule has 1 aromatic heterocycles. The molecule has 2 heterocycles. The predicted octanol–water partition coefficient (Wildman–Crippen LogP) is 1.36. The van der Waals surface area contributed by atoms with Crippen LogP contribution in [0.5, 0.6) is 0 Å². The average Bonchev–Trinajstić information content (AvgIpc) is 2.59. The predicted molar refractivity (Wildman–Crippen MR) is 54.2 cm³/mol. The Morgan fingerprint density at radius 3 is 2.64 bits per heavy atom. The summed E-state index contributed by atoms with van der Waals surface area (Å²) >= 11 is 1.60. The molecule has 0 bridgehead atoms. The van der Waals surface area contributed by atoms with Gasteiger partial charge in [-0.1, -0.05) is 0 Å². The number of nitrogens with one attached hydrogen (secondary N) is 1. The SMILES string of the molecule is Cc1cc(C2(C)CC(=O)NC2=O)cs1. The quantitative estimate of drug-likeness (QED) is 0.710. The number of hydrogen-bond donors (Lipinski definition) is 1. The molecule has 0 aliphatic carbocycles. The third kappa shape index (κ3) is 1.26. The van der Waals surface area contributed by atoms with Gasteiger partial charge in [0.1, 0.15) is 0 Å². The summed E-state index contributed by atoms with van der Waals surface area (Å²) < 4.78 is 0. The number of aryl methyl sites for hydroxylation is 1. The van der Waals surface area contributed by atoms with Gasteiger partial charge in [-0.15, -0.1) is 11.3 Å². The van der Waals surface area contributed by atoms with Gasteiger partial charge in [-0.25, -0.2) is 0 Å². The van der Waals surface area contributed by atoms with Crippen LogP contribution in [-0.2, 0) is 15.0 Å². The van der Waals surface area contributed by atoms with Crippen molar-refractivity contribution in [3.05, 3.63) is 21.9 Å². The summed E-state index contributed by atoms with van der Waals surface area (Å²) in [5.41, 5.74) is 0.297. The lowest BCUT2D eigenvalue weighted by Gasteiger charge is -2.17. The van der Waals surface area contributed by atoms with Crippen molar-refractivity contribution < 1.29 is 9.59 Å². The minimum Gasteiger partial charge on any atom is -0.296 e. The van der Waals surface area contributed by atoms with Gasteiger partial charge in [0.05, 0.1) is 5.41 Å². The molecule has 2 rings (SSSR count). The van der Waals surface area contributed by atoms with Crippen LogP contribution in [0.1, 0.15) is 23.8 Å². The molecule has 0 spiro atoms. The Morgan fingerprint density at radius 2 is 2.21 bits per heavy atom. The molecule has 2 amide bonds. The molecule has 1 aliphatic heterocycles. The number of carbonyl (C=O) groups excluding carboxylic acids is 2. The van der Waals surface area contributed by atoms with E-state index in [9.17, 15) is 9.59 Å². The Balaban J connectivity index is 2.42. The molecule has 1 aromatic rings. The minimum atomic E-state index is -0.651. The van der Waals surface area contributed by atoms with Crippen molar-refractivity contribution in [2.24, 2.45) is 0 Å². The summed E-state index contributed by atoms with van der Waals surface area (Å²) in [6.45, 7) is 3.81. The van der Waals surface area contributed by atoms with Crippen LogP contribution in [0.4, 0.5) is 0 Å². The van der Waals surface area contributed by atoms with E-state index >= 15 is 0 Å². The van der Waals surface area contributed by atoms with E-state index in [-0.39, 0.29) is 18.2 Å². The van der Waals surface area contributed by atoms with Crippen molar-refractivity contribution in [1.29, 1.82) is 0 Å². The molecule has 0 radical (unpaired) electrons. The molecule has 3 nitrogen and oxygen atoms in total. The maximum Gasteiger partial charge on any atom is 0.237 e. The Labute approximate surface area is 86.1 Å². The number of carbonyl (C=O) groups is 2. The standard InChI is InChI=1S/C10H11NO2S/c1-6-3-7(5-14-6)10(2)4-8(12)11-9(10)13/h3,5H,4H2,1-2H3,(H,11,12,13). The lowest BCUT2D eigenvalue weighted by molar-refractivity contribution is -0.126. The molecule has 1 atom stereocenters. The van der Waals surface area contributed by atoms with Gasteiger partial charge in [0.25, 0.3) is 0 Å². The van der Waals surface area contributed by atoms with Crippen molar-refractivity contribution in [3.63, 3.8) is 0 Å². The van der Waals surface area contributed by atoms with Gasteiger partial charge in [0, 0.05) is 11.3 Å². The van der Waals surface area contributed by atoms with Gasteiger partial charge in [-0.2, -0.15) is 0 Å². The second-order valence-electron chi connectivity index (χ2n) is 3.83. The molecule has 1 N–H and O–H groups in total. The smallest absolute Gasteiger partial charge is 0.237 e. The van der Waals surface area contributed by atoms with Gasteiger partial charge in [-0.05, 0) is 30.9 Å². The van der Waals surface area contributed by atoms with Crippen molar-refractivity contribution in [2.45, 2.75) is 25.7 Å². The van der Waals surface area contributed by atoms with Crippen LogP contribution < -0.4 is 5.32 Å². The zero-order chi connectivity index (χ0) is 10.3. The van der Waals surface area contributed by atoms with Crippen LogP contribution in [0.2, 0.25) is 0 Å². The molecule has 4 heteroatoms. The Hall–Kier alpha value is -1.16. The molecule has 14 heavy (non-hydrogen) atoms. The van der Waals surface area contributed by atoms with Crippen molar-refractivity contribution in [1.82, 2.24) is 5.32 Å².